The predicted octanol–water partition coefficient (Wildman–Crippen LogP) is 2.05. The van der Waals surface area contributed by atoms with Gasteiger partial charge in [0.05, 0.1) is 21.9 Å². The van der Waals surface area contributed by atoms with Crippen LogP contribution < -0.4 is 5.32 Å². The lowest BCUT2D eigenvalue weighted by molar-refractivity contribution is 0.0944. The smallest absolute Gasteiger partial charge is 0.180 e. The van der Waals surface area contributed by atoms with Gasteiger partial charge < -0.3 is 10.4 Å². The number of sulfone groups is 1. The zero-order valence-electron chi connectivity index (χ0n) is 11.1. The van der Waals surface area contributed by atoms with Crippen molar-refractivity contribution in [3.05, 3.63) is 24.3 Å². The second-order valence-corrected chi connectivity index (χ2v) is 7.06. The molecule has 0 heterocycles. The Morgan fingerprint density at radius 2 is 1.89 bits per heavy atom. The summed E-state index contributed by atoms with van der Waals surface area (Å²) in [6, 6.07) is 6.79. The van der Waals surface area contributed by atoms with Crippen molar-refractivity contribution in [1.82, 2.24) is 0 Å². The molecule has 1 rings (SSSR count). The molecule has 18 heavy (non-hydrogen) atoms. The monoisotopic (exact) mass is 271 g/mol. The summed E-state index contributed by atoms with van der Waals surface area (Å²) < 4.78 is 24.2. The molecule has 0 aromatic heterocycles. The topological polar surface area (TPSA) is 66.4 Å². The summed E-state index contributed by atoms with van der Waals surface area (Å²) >= 11 is 0. The Labute approximate surface area is 109 Å². The summed E-state index contributed by atoms with van der Waals surface area (Å²) in [5.41, 5.74) is -0.338. The molecule has 0 spiro atoms. The van der Waals surface area contributed by atoms with Gasteiger partial charge in [-0.1, -0.05) is 19.1 Å². The maximum Gasteiger partial charge on any atom is 0.180 e. The number of nitrogens with one attached hydrogen (secondary N) is 1. The summed E-state index contributed by atoms with van der Waals surface area (Å²) in [7, 11) is -3.25. The lowest BCUT2D eigenvalue weighted by atomic mass is 10.1. The maximum absolute atomic E-state index is 12.1. The third kappa shape index (κ3) is 4.31. The molecule has 0 saturated carbocycles. The van der Waals surface area contributed by atoms with Gasteiger partial charge in [0.1, 0.15) is 0 Å². The highest BCUT2D eigenvalue weighted by atomic mass is 32.2. The summed E-state index contributed by atoms with van der Waals surface area (Å²) in [4.78, 5) is 0.302. The van der Waals surface area contributed by atoms with E-state index < -0.39 is 15.4 Å². The summed E-state index contributed by atoms with van der Waals surface area (Å²) in [6.45, 7) is 5.47. The second kappa shape index (κ2) is 5.71. The molecule has 4 nitrogen and oxygen atoms in total. The van der Waals surface area contributed by atoms with Gasteiger partial charge in [-0.25, -0.2) is 8.42 Å². The van der Waals surface area contributed by atoms with Crippen molar-refractivity contribution >= 4 is 15.5 Å². The van der Waals surface area contributed by atoms with Crippen molar-refractivity contribution in [2.75, 3.05) is 17.6 Å². The Hall–Kier alpha value is -1.07. The van der Waals surface area contributed by atoms with Crippen LogP contribution in [0.4, 0.5) is 5.69 Å². The summed E-state index contributed by atoms with van der Waals surface area (Å²) in [5, 5.41) is 12.7. The van der Waals surface area contributed by atoms with Crippen molar-refractivity contribution < 1.29 is 13.5 Å². The van der Waals surface area contributed by atoms with Gasteiger partial charge in [-0.05, 0) is 32.4 Å². The Balaban J connectivity index is 3.00. The zero-order valence-corrected chi connectivity index (χ0v) is 11.9. The number of benzene rings is 1. The highest BCUT2D eigenvalue weighted by molar-refractivity contribution is 7.91. The molecule has 0 saturated heterocycles. The normalized spacial score (nSPS) is 12.4. The first-order valence-electron chi connectivity index (χ1n) is 6.04. The van der Waals surface area contributed by atoms with Gasteiger partial charge in [-0.3, -0.25) is 0 Å². The van der Waals surface area contributed by atoms with Gasteiger partial charge in [0.15, 0.2) is 9.84 Å². The molecular weight excluding hydrogens is 250 g/mol. The highest BCUT2D eigenvalue weighted by Crippen LogP contribution is 2.23. The van der Waals surface area contributed by atoms with Crippen LogP contribution in [0.1, 0.15) is 27.2 Å². The van der Waals surface area contributed by atoms with E-state index in [0.29, 0.717) is 23.5 Å². The van der Waals surface area contributed by atoms with Gasteiger partial charge in [-0.15, -0.1) is 0 Å². The van der Waals surface area contributed by atoms with E-state index in [0.717, 1.165) is 0 Å². The zero-order chi connectivity index (χ0) is 13.8. The summed E-state index contributed by atoms with van der Waals surface area (Å²) in [6.07, 6.45) is 0.585. The fourth-order valence-corrected chi connectivity index (χ4v) is 3.09. The lowest BCUT2D eigenvalue weighted by Gasteiger charge is -2.20. The fraction of sp³-hybridized carbons (Fsp3) is 0.538. The van der Waals surface area contributed by atoms with Gasteiger partial charge in [0, 0.05) is 6.54 Å². The summed E-state index contributed by atoms with van der Waals surface area (Å²) in [5.74, 6) is 0.133. The molecule has 0 radical (unpaired) electrons. The minimum Gasteiger partial charge on any atom is -0.389 e. The van der Waals surface area contributed by atoms with Crippen LogP contribution in [0.25, 0.3) is 0 Å². The molecule has 0 aliphatic rings. The van der Waals surface area contributed by atoms with E-state index in [1.54, 1.807) is 38.1 Å². The number of para-hydroxylation sites is 1. The first-order chi connectivity index (χ1) is 8.26. The van der Waals surface area contributed by atoms with Crippen LogP contribution in [-0.2, 0) is 9.84 Å². The number of aliphatic hydroxyl groups is 1. The molecule has 5 heteroatoms. The number of hydrogen-bond donors (Lipinski definition) is 2. The van der Waals surface area contributed by atoms with E-state index in [1.807, 2.05) is 6.92 Å². The average Bonchev–Trinajstić information content (AvgIpc) is 2.26. The van der Waals surface area contributed by atoms with Crippen LogP contribution in [-0.4, -0.2) is 31.4 Å². The molecule has 0 amide bonds. The Bertz CT molecular complexity index is 489. The SMILES string of the molecule is CCCS(=O)(=O)c1ccccc1NCC(C)(C)O. The standard InChI is InChI=1S/C13H21NO3S/c1-4-9-18(16,17)12-8-6-5-7-11(12)14-10-13(2,3)15/h5-8,14-15H,4,9-10H2,1-3H3. The van der Waals surface area contributed by atoms with E-state index in [-0.39, 0.29) is 5.75 Å². The van der Waals surface area contributed by atoms with Gasteiger partial charge in [0.2, 0.25) is 0 Å². The van der Waals surface area contributed by atoms with E-state index >= 15 is 0 Å². The first-order valence-corrected chi connectivity index (χ1v) is 7.69. The molecule has 0 aliphatic heterocycles. The van der Waals surface area contributed by atoms with Crippen LogP contribution in [0.2, 0.25) is 0 Å². The Morgan fingerprint density at radius 3 is 2.44 bits per heavy atom. The molecule has 1 aromatic carbocycles. The van der Waals surface area contributed by atoms with E-state index in [1.165, 1.54) is 0 Å². The Kier molecular flexibility index (Phi) is 4.76. The van der Waals surface area contributed by atoms with Crippen molar-refractivity contribution in [2.45, 2.75) is 37.7 Å². The maximum atomic E-state index is 12.1. The number of rotatable bonds is 6. The largest absolute Gasteiger partial charge is 0.389 e. The number of hydrogen-bond acceptors (Lipinski definition) is 4. The van der Waals surface area contributed by atoms with Crippen LogP contribution in [0, 0.1) is 0 Å². The van der Waals surface area contributed by atoms with Crippen LogP contribution in [0.15, 0.2) is 29.2 Å². The van der Waals surface area contributed by atoms with E-state index in [9.17, 15) is 13.5 Å². The second-order valence-electron chi connectivity index (χ2n) is 4.98. The van der Waals surface area contributed by atoms with Crippen molar-refractivity contribution in [2.24, 2.45) is 0 Å². The molecule has 1 aromatic rings. The molecule has 0 unspecified atom stereocenters. The van der Waals surface area contributed by atoms with E-state index in [2.05, 4.69) is 5.32 Å². The fourth-order valence-electron chi connectivity index (χ4n) is 1.57. The van der Waals surface area contributed by atoms with Crippen molar-refractivity contribution in [3.63, 3.8) is 0 Å². The van der Waals surface area contributed by atoms with Crippen molar-refractivity contribution in [3.8, 4) is 0 Å². The van der Waals surface area contributed by atoms with Crippen molar-refractivity contribution in [1.29, 1.82) is 0 Å². The molecular formula is C13H21NO3S. The van der Waals surface area contributed by atoms with Gasteiger partial charge in [0.25, 0.3) is 0 Å². The molecule has 0 bridgehead atoms. The molecule has 2 N–H and O–H groups in total. The van der Waals surface area contributed by atoms with Crippen LogP contribution in [0.3, 0.4) is 0 Å². The first kappa shape index (κ1) is 15.0. The minimum atomic E-state index is -3.25. The van der Waals surface area contributed by atoms with Gasteiger partial charge in [-0.2, -0.15) is 0 Å². The highest BCUT2D eigenvalue weighted by Gasteiger charge is 2.19. The minimum absolute atomic E-state index is 0.133. The van der Waals surface area contributed by atoms with Crippen LogP contribution >= 0.6 is 0 Å². The number of anilines is 1. The molecule has 0 atom stereocenters. The third-order valence-corrected chi connectivity index (χ3v) is 4.38. The van der Waals surface area contributed by atoms with E-state index in [4.69, 9.17) is 0 Å². The quantitative estimate of drug-likeness (QED) is 0.831. The molecule has 0 aliphatic carbocycles. The molecule has 0 fully saturated rings. The van der Waals surface area contributed by atoms with Crippen LogP contribution in [0.5, 0.6) is 0 Å². The third-order valence-electron chi connectivity index (χ3n) is 2.41. The van der Waals surface area contributed by atoms with Gasteiger partial charge >= 0.3 is 0 Å². The Morgan fingerprint density at radius 1 is 1.28 bits per heavy atom. The predicted molar refractivity (Wildman–Crippen MR) is 73.6 cm³/mol. The molecule has 102 valence electrons. The average molecular weight is 271 g/mol. The lowest BCUT2D eigenvalue weighted by Crippen LogP contribution is -2.29.